The maximum absolute atomic E-state index is 12.3. The van der Waals surface area contributed by atoms with Crippen molar-refractivity contribution in [2.45, 2.75) is 24.4 Å². The molecule has 2 unspecified atom stereocenters. The quantitative estimate of drug-likeness (QED) is 0.486. The van der Waals surface area contributed by atoms with Gasteiger partial charge in [0.15, 0.2) is 0 Å². The molecule has 2 aliphatic rings. The van der Waals surface area contributed by atoms with E-state index in [0.29, 0.717) is 18.7 Å². The highest BCUT2D eigenvalue weighted by Gasteiger charge is 2.34. The molecule has 182 valence electrons. The van der Waals surface area contributed by atoms with E-state index in [1.165, 1.54) is 0 Å². The summed E-state index contributed by atoms with van der Waals surface area (Å²) < 4.78 is 39.2. The van der Waals surface area contributed by atoms with Crippen molar-refractivity contribution in [2.24, 2.45) is 0 Å². The van der Waals surface area contributed by atoms with Crippen molar-refractivity contribution in [2.75, 3.05) is 52.4 Å². The van der Waals surface area contributed by atoms with Crippen LogP contribution < -0.4 is 9.46 Å². The average molecular weight is 485 g/mol. The van der Waals surface area contributed by atoms with Crippen molar-refractivity contribution in [3.63, 3.8) is 0 Å². The van der Waals surface area contributed by atoms with Crippen LogP contribution in [0.25, 0.3) is 0 Å². The summed E-state index contributed by atoms with van der Waals surface area (Å²) in [5.74, 6) is 0.790. The summed E-state index contributed by atoms with van der Waals surface area (Å²) in [5, 5.41) is 8.87. The van der Waals surface area contributed by atoms with Gasteiger partial charge in [-0.3, -0.25) is 9.80 Å². The van der Waals surface area contributed by atoms with E-state index < -0.39 is 10.0 Å². The van der Waals surface area contributed by atoms with Crippen LogP contribution in [0.2, 0.25) is 0 Å². The summed E-state index contributed by atoms with van der Waals surface area (Å²) in [6.07, 6.45) is 1.10. The molecule has 0 radical (unpaired) electrons. The van der Waals surface area contributed by atoms with Gasteiger partial charge in [-0.05, 0) is 42.8 Å². The molecule has 2 heterocycles. The maximum atomic E-state index is 12.3. The lowest BCUT2D eigenvalue weighted by Gasteiger charge is -2.45. The number of benzene rings is 2. The van der Waals surface area contributed by atoms with Gasteiger partial charge in [-0.15, -0.1) is 0 Å². The third-order valence-electron chi connectivity index (χ3n) is 6.06. The molecule has 1 N–H and O–H groups in total. The molecule has 9 heteroatoms. The Bertz CT molecular complexity index is 1040. The van der Waals surface area contributed by atoms with Gasteiger partial charge in [0, 0.05) is 39.3 Å². The number of rotatable bonds is 11. The molecule has 2 saturated heterocycles. The smallest absolute Gasteiger partial charge is 0.215 e. The number of sulfonamides is 1. The lowest BCUT2D eigenvalue weighted by Crippen LogP contribution is -2.60. The van der Waals surface area contributed by atoms with Gasteiger partial charge in [-0.1, -0.05) is 30.3 Å². The summed E-state index contributed by atoms with van der Waals surface area (Å²) in [4.78, 5) is 4.77. The lowest BCUT2D eigenvalue weighted by atomic mass is 10.1. The Morgan fingerprint density at radius 2 is 1.62 bits per heavy atom. The molecule has 0 spiro atoms. The summed E-state index contributed by atoms with van der Waals surface area (Å²) in [6.45, 7) is 6.19. The van der Waals surface area contributed by atoms with Gasteiger partial charge in [0.25, 0.3) is 0 Å². The highest BCUT2D eigenvalue weighted by Crippen LogP contribution is 2.19. The molecule has 2 bridgehead atoms. The molecule has 2 aromatic carbocycles. The number of morpholine rings is 2. The van der Waals surface area contributed by atoms with Crippen LogP contribution in [0.5, 0.6) is 5.75 Å². The first-order valence-electron chi connectivity index (χ1n) is 11.7. The van der Waals surface area contributed by atoms with Gasteiger partial charge in [0.2, 0.25) is 10.0 Å². The van der Waals surface area contributed by atoms with E-state index in [1.54, 1.807) is 12.1 Å². The molecule has 0 saturated carbocycles. The molecule has 2 aliphatic heterocycles. The Kier molecular flexibility index (Phi) is 8.53. The SMILES string of the molecule is N#Cc1ccc(OCCN2CC3CN(CCCNS(=O)(=O)Cc4ccccc4)CC(C2)O3)cc1. The minimum atomic E-state index is -3.32. The first-order valence-corrected chi connectivity index (χ1v) is 13.4. The third kappa shape index (κ3) is 7.52. The predicted octanol–water partition coefficient (Wildman–Crippen LogP) is 1.83. The molecule has 0 amide bonds. The fourth-order valence-corrected chi connectivity index (χ4v) is 5.71. The van der Waals surface area contributed by atoms with Crippen molar-refractivity contribution in [3.05, 3.63) is 65.7 Å². The highest BCUT2D eigenvalue weighted by molar-refractivity contribution is 7.88. The zero-order valence-electron chi connectivity index (χ0n) is 19.3. The van der Waals surface area contributed by atoms with Crippen LogP contribution in [-0.2, 0) is 20.5 Å². The predicted molar refractivity (Wildman–Crippen MR) is 130 cm³/mol. The molecule has 0 aromatic heterocycles. The summed E-state index contributed by atoms with van der Waals surface area (Å²) in [7, 11) is -3.32. The molecule has 2 fully saturated rings. The second-order valence-corrected chi connectivity index (χ2v) is 10.7. The molecular weight excluding hydrogens is 452 g/mol. The van der Waals surface area contributed by atoms with E-state index in [-0.39, 0.29) is 18.0 Å². The Balaban J connectivity index is 1.13. The topological polar surface area (TPSA) is 94.9 Å². The Morgan fingerprint density at radius 3 is 2.26 bits per heavy atom. The minimum Gasteiger partial charge on any atom is -0.492 e. The van der Waals surface area contributed by atoms with Crippen molar-refractivity contribution < 1.29 is 17.9 Å². The molecule has 0 aliphatic carbocycles. The van der Waals surface area contributed by atoms with E-state index in [1.807, 2.05) is 42.5 Å². The molecule has 8 nitrogen and oxygen atoms in total. The second kappa shape index (κ2) is 11.8. The standard InChI is InChI=1S/C25H32N4O4S/c26-15-21-7-9-23(10-8-21)32-14-13-29-18-24-16-28(17-25(19-29)33-24)12-4-11-27-34(30,31)20-22-5-2-1-3-6-22/h1-3,5-10,24-25,27H,4,11-14,16-20H2. The number of nitrogens with zero attached hydrogens (tertiary/aromatic N) is 3. The highest BCUT2D eigenvalue weighted by atomic mass is 32.2. The van der Waals surface area contributed by atoms with Gasteiger partial charge >= 0.3 is 0 Å². The van der Waals surface area contributed by atoms with E-state index in [2.05, 4.69) is 20.6 Å². The van der Waals surface area contributed by atoms with Gasteiger partial charge in [-0.2, -0.15) is 5.26 Å². The number of hydrogen-bond donors (Lipinski definition) is 1. The fourth-order valence-electron chi connectivity index (χ4n) is 4.52. The summed E-state index contributed by atoms with van der Waals surface area (Å²) >= 11 is 0. The maximum Gasteiger partial charge on any atom is 0.215 e. The normalized spacial score (nSPS) is 21.1. The van der Waals surface area contributed by atoms with Gasteiger partial charge < -0.3 is 9.47 Å². The van der Waals surface area contributed by atoms with Gasteiger partial charge in [0.1, 0.15) is 12.4 Å². The van der Waals surface area contributed by atoms with Crippen LogP contribution in [0.4, 0.5) is 0 Å². The molecule has 34 heavy (non-hydrogen) atoms. The lowest BCUT2D eigenvalue weighted by molar-refractivity contribution is -0.139. The Morgan fingerprint density at radius 1 is 0.971 bits per heavy atom. The fraction of sp³-hybridized carbons (Fsp3) is 0.480. The van der Waals surface area contributed by atoms with Crippen LogP contribution in [0.3, 0.4) is 0 Å². The number of nitrogens with one attached hydrogen (secondary N) is 1. The van der Waals surface area contributed by atoms with E-state index in [4.69, 9.17) is 14.7 Å². The second-order valence-electron chi connectivity index (χ2n) is 8.88. The summed E-state index contributed by atoms with van der Waals surface area (Å²) in [6, 6.07) is 18.5. The Hall–Kier alpha value is -2.48. The van der Waals surface area contributed by atoms with Crippen LogP contribution in [0, 0.1) is 11.3 Å². The average Bonchev–Trinajstić information content (AvgIpc) is 2.82. The number of nitriles is 1. The molecular formula is C25H32N4O4S. The zero-order chi connectivity index (χ0) is 23.8. The largest absolute Gasteiger partial charge is 0.492 e. The molecule has 2 aromatic rings. The van der Waals surface area contributed by atoms with E-state index in [9.17, 15) is 8.42 Å². The first kappa shape index (κ1) is 24.6. The van der Waals surface area contributed by atoms with Crippen molar-refractivity contribution in [3.8, 4) is 11.8 Å². The van der Waals surface area contributed by atoms with E-state index >= 15 is 0 Å². The first-order chi connectivity index (χ1) is 16.5. The monoisotopic (exact) mass is 484 g/mol. The van der Waals surface area contributed by atoms with Crippen molar-refractivity contribution in [1.82, 2.24) is 14.5 Å². The zero-order valence-corrected chi connectivity index (χ0v) is 20.1. The van der Waals surface area contributed by atoms with E-state index in [0.717, 1.165) is 57.0 Å². The third-order valence-corrected chi connectivity index (χ3v) is 7.42. The molecule has 2 atom stereocenters. The van der Waals surface area contributed by atoms with Gasteiger partial charge in [-0.25, -0.2) is 13.1 Å². The van der Waals surface area contributed by atoms with Crippen molar-refractivity contribution >= 4 is 10.0 Å². The van der Waals surface area contributed by atoms with Crippen molar-refractivity contribution in [1.29, 1.82) is 5.26 Å². The van der Waals surface area contributed by atoms with Crippen LogP contribution in [0.1, 0.15) is 17.5 Å². The molecule has 4 rings (SSSR count). The van der Waals surface area contributed by atoms with Crippen LogP contribution >= 0.6 is 0 Å². The summed E-state index contributed by atoms with van der Waals surface area (Å²) in [5.41, 5.74) is 1.42. The Labute approximate surface area is 202 Å². The van der Waals surface area contributed by atoms with Crippen LogP contribution in [-0.4, -0.2) is 82.8 Å². The van der Waals surface area contributed by atoms with Crippen LogP contribution in [0.15, 0.2) is 54.6 Å². The number of ether oxygens (including phenoxy) is 2. The minimum absolute atomic E-state index is 0.0142. The number of fused-ring (bicyclic) bond motifs is 2. The van der Waals surface area contributed by atoms with Gasteiger partial charge in [0.05, 0.1) is 29.6 Å². The number of hydrogen-bond acceptors (Lipinski definition) is 7.